The second kappa shape index (κ2) is 39.7. The Morgan fingerprint density at radius 2 is 0.786 bits per heavy atom. The first-order chi connectivity index (χ1) is 20.6. The van der Waals surface area contributed by atoms with Gasteiger partial charge in [0.25, 0.3) is 0 Å². The fourth-order valence-electron chi connectivity index (χ4n) is 5.19. The third-order valence-electron chi connectivity index (χ3n) is 8.04. The van der Waals surface area contributed by atoms with Crippen molar-refractivity contribution in [2.24, 2.45) is 5.73 Å². The first kappa shape index (κ1) is 42.8. The fraction of sp³-hybridized carbons (Fsp3) is 0.895. The minimum Gasteiger partial charge on any atom is -0.370 e. The average molecular weight is 593 g/mol. The van der Waals surface area contributed by atoms with E-state index in [9.17, 15) is 9.59 Å². The SMILES string of the molecule is CCCCCC/C=C\CCCCCCCC(=O)NCCCCCC.CCCCCCCCCCCCCCCC(N)=O. The van der Waals surface area contributed by atoms with Gasteiger partial charge in [0.05, 0.1) is 0 Å². The topological polar surface area (TPSA) is 72.2 Å². The van der Waals surface area contributed by atoms with Gasteiger partial charge in [-0.1, -0.05) is 168 Å². The molecule has 0 saturated heterocycles. The summed E-state index contributed by atoms with van der Waals surface area (Å²) >= 11 is 0. The van der Waals surface area contributed by atoms with Gasteiger partial charge in [-0.3, -0.25) is 9.59 Å². The first-order valence-electron chi connectivity index (χ1n) is 18.8. The maximum atomic E-state index is 11.7. The molecule has 0 atom stereocenters. The molecule has 0 bridgehead atoms. The lowest BCUT2D eigenvalue weighted by atomic mass is 10.0. The summed E-state index contributed by atoms with van der Waals surface area (Å²) in [5, 5.41) is 3.04. The van der Waals surface area contributed by atoms with Crippen molar-refractivity contribution in [1.29, 1.82) is 0 Å². The number of allylic oxidation sites excluding steroid dienone is 2. The monoisotopic (exact) mass is 593 g/mol. The van der Waals surface area contributed by atoms with E-state index in [1.807, 2.05) is 0 Å². The molecular weight excluding hydrogens is 516 g/mol. The van der Waals surface area contributed by atoms with Gasteiger partial charge in [0, 0.05) is 19.4 Å². The zero-order valence-electron chi connectivity index (χ0n) is 29.0. The van der Waals surface area contributed by atoms with E-state index < -0.39 is 0 Å². The van der Waals surface area contributed by atoms with E-state index in [1.54, 1.807) is 0 Å². The smallest absolute Gasteiger partial charge is 0.219 e. The molecule has 0 unspecified atom stereocenters. The molecule has 0 fully saturated rings. The zero-order chi connectivity index (χ0) is 31.2. The number of carbonyl (C=O) groups excluding carboxylic acids is 2. The van der Waals surface area contributed by atoms with Crippen LogP contribution in [-0.2, 0) is 9.59 Å². The molecular formula is C38H76N2O2. The van der Waals surface area contributed by atoms with Crippen molar-refractivity contribution >= 4 is 11.8 Å². The van der Waals surface area contributed by atoms with Crippen LogP contribution in [0, 0.1) is 0 Å². The molecule has 0 aromatic heterocycles. The molecule has 4 heteroatoms. The highest BCUT2D eigenvalue weighted by atomic mass is 16.1. The Labute approximate surface area is 264 Å². The Hall–Kier alpha value is -1.32. The molecule has 4 nitrogen and oxygen atoms in total. The number of carbonyl (C=O) groups is 2. The number of rotatable bonds is 32. The molecule has 0 aliphatic carbocycles. The molecule has 0 heterocycles. The number of nitrogens with one attached hydrogen (secondary N) is 1. The Bertz CT molecular complexity index is 561. The van der Waals surface area contributed by atoms with Crippen molar-refractivity contribution in [1.82, 2.24) is 5.32 Å². The number of nitrogens with two attached hydrogens (primary N) is 1. The van der Waals surface area contributed by atoms with Crippen molar-refractivity contribution in [3.63, 3.8) is 0 Å². The van der Waals surface area contributed by atoms with E-state index in [0.29, 0.717) is 12.8 Å². The molecule has 0 rings (SSSR count). The van der Waals surface area contributed by atoms with Gasteiger partial charge in [-0.25, -0.2) is 0 Å². The van der Waals surface area contributed by atoms with Crippen LogP contribution in [0.2, 0.25) is 0 Å². The Balaban J connectivity index is 0. The van der Waals surface area contributed by atoms with E-state index in [-0.39, 0.29) is 11.8 Å². The maximum Gasteiger partial charge on any atom is 0.219 e. The predicted molar refractivity (Wildman–Crippen MR) is 187 cm³/mol. The van der Waals surface area contributed by atoms with E-state index in [1.165, 1.54) is 161 Å². The average Bonchev–Trinajstić information content (AvgIpc) is 2.98. The number of primary amides is 1. The molecule has 0 aliphatic rings. The van der Waals surface area contributed by atoms with Crippen LogP contribution < -0.4 is 11.1 Å². The highest BCUT2D eigenvalue weighted by Crippen LogP contribution is 2.13. The van der Waals surface area contributed by atoms with Crippen molar-refractivity contribution in [3.05, 3.63) is 12.2 Å². The van der Waals surface area contributed by atoms with Crippen LogP contribution in [0.1, 0.15) is 213 Å². The third kappa shape index (κ3) is 43.1. The van der Waals surface area contributed by atoms with E-state index in [4.69, 9.17) is 5.73 Å². The standard InChI is InChI=1S/C22H43NO.C16H33NO/c1-3-5-7-9-10-11-12-13-14-15-16-17-18-20-22(24)23-21-19-8-6-4-2;1-2-3-4-5-6-7-8-9-10-11-12-13-14-15-16(17)18/h11-12H,3-10,13-21H2,1-2H3,(H,23,24);2-15H2,1H3,(H2,17,18)/b12-11-;. The molecule has 0 saturated carbocycles. The summed E-state index contributed by atoms with van der Waals surface area (Å²) in [6, 6.07) is 0. The van der Waals surface area contributed by atoms with Gasteiger partial charge in [0.15, 0.2) is 0 Å². The van der Waals surface area contributed by atoms with Gasteiger partial charge in [0.2, 0.25) is 11.8 Å². The largest absolute Gasteiger partial charge is 0.370 e. The molecule has 3 N–H and O–H groups in total. The van der Waals surface area contributed by atoms with E-state index >= 15 is 0 Å². The lowest BCUT2D eigenvalue weighted by molar-refractivity contribution is -0.121. The predicted octanol–water partition coefficient (Wildman–Crippen LogP) is 11.9. The second-order valence-corrected chi connectivity index (χ2v) is 12.5. The summed E-state index contributed by atoms with van der Waals surface area (Å²) in [4.78, 5) is 22.2. The van der Waals surface area contributed by atoms with Crippen LogP contribution in [0.4, 0.5) is 0 Å². The van der Waals surface area contributed by atoms with Crippen LogP contribution in [0.15, 0.2) is 12.2 Å². The van der Waals surface area contributed by atoms with Crippen LogP contribution in [0.5, 0.6) is 0 Å². The minimum atomic E-state index is -0.155. The summed E-state index contributed by atoms with van der Waals surface area (Å²) in [7, 11) is 0. The molecule has 0 aliphatic heterocycles. The lowest BCUT2D eigenvalue weighted by Gasteiger charge is -2.05. The van der Waals surface area contributed by atoms with Gasteiger partial charge >= 0.3 is 0 Å². The Morgan fingerprint density at radius 1 is 0.452 bits per heavy atom. The molecule has 250 valence electrons. The molecule has 0 aromatic rings. The lowest BCUT2D eigenvalue weighted by Crippen LogP contribution is -2.23. The van der Waals surface area contributed by atoms with Gasteiger partial charge in [-0.15, -0.1) is 0 Å². The summed E-state index contributed by atoms with van der Waals surface area (Å²) < 4.78 is 0. The first-order valence-corrected chi connectivity index (χ1v) is 18.8. The van der Waals surface area contributed by atoms with Gasteiger partial charge in [-0.05, 0) is 44.9 Å². The van der Waals surface area contributed by atoms with Crippen LogP contribution in [0.3, 0.4) is 0 Å². The van der Waals surface area contributed by atoms with Gasteiger partial charge in [-0.2, -0.15) is 0 Å². The number of amides is 2. The summed E-state index contributed by atoms with van der Waals surface area (Å²) in [5.74, 6) is 0.0931. The van der Waals surface area contributed by atoms with E-state index in [2.05, 4.69) is 38.2 Å². The highest BCUT2D eigenvalue weighted by molar-refractivity contribution is 5.75. The molecule has 0 aromatic carbocycles. The fourth-order valence-corrected chi connectivity index (χ4v) is 5.19. The van der Waals surface area contributed by atoms with Crippen molar-refractivity contribution in [2.45, 2.75) is 213 Å². The Kier molecular flexibility index (Phi) is 40.4. The van der Waals surface area contributed by atoms with Crippen molar-refractivity contribution in [3.8, 4) is 0 Å². The highest BCUT2D eigenvalue weighted by Gasteiger charge is 2.00. The van der Waals surface area contributed by atoms with Gasteiger partial charge in [0.1, 0.15) is 0 Å². The maximum absolute atomic E-state index is 11.7. The number of hydrogen-bond acceptors (Lipinski definition) is 2. The third-order valence-corrected chi connectivity index (χ3v) is 8.04. The minimum absolute atomic E-state index is 0.155. The summed E-state index contributed by atoms with van der Waals surface area (Å²) in [5.41, 5.74) is 5.09. The normalized spacial score (nSPS) is 11.0. The molecule has 0 spiro atoms. The molecule has 2 amide bonds. The molecule has 0 radical (unpaired) electrons. The van der Waals surface area contributed by atoms with Crippen molar-refractivity contribution in [2.75, 3.05) is 6.54 Å². The number of unbranched alkanes of at least 4 members (excludes halogenated alkanes) is 24. The summed E-state index contributed by atoms with van der Waals surface area (Å²) in [6.07, 6.45) is 42.3. The number of hydrogen-bond donors (Lipinski definition) is 2. The molecule has 42 heavy (non-hydrogen) atoms. The Morgan fingerprint density at radius 3 is 1.21 bits per heavy atom. The van der Waals surface area contributed by atoms with E-state index in [0.717, 1.165) is 25.8 Å². The second-order valence-electron chi connectivity index (χ2n) is 12.5. The van der Waals surface area contributed by atoms with Crippen LogP contribution in [-0.4, -0.2) is 18.4 Å². The summed E-state index contributed by atoms with van der Waals surface area (Å²) in [6.45, 7) is 7.60. The van der Waals surface area contributed by atoms with Crippen LogP contribution in [0.25, 0.3) is 0 Å². The van der Waals surface area contributed by atoms with Crippen molar-refractivity contribution < 1.29 is 9.59 Å². The quantitative estimate of drug-likeness (QED) is 0.0602. The van der Waals surface area contributed by atoms with Crippen LogP contribution >= 0.6 is 0 Å². The van der Waals surface area contributed by atoms with Gasteiger partial charge < -0.3 is 11.1 Å². The zero-order valence-corrected chi connectivity index (χ0v) is 29.0.